The molecule has 3 aromatic rings. The second kappa shape index (κ2) is 9.31. The lowest BCUT2D eigenvalue weighted by Crippen LogP contribution is -2.26. The maximum atomic E-state index is 13.0. The molecule has 5 rings (SSSR count). The predicted octanol–water partition coefficient (Wildman–Crippen LogP) is 3.92. The summed E-state index contributed by atoms with van der Waals surface area (Å²) in [6, 6.07) is 12.0. The van der Waals surface area contributed by atoms with E-state index >= 15 is 0 Å². The van der Waals surface area contributed by atoms with Crippen LogP contribution in [-0.2, 0) is 23.0 Å². The molecule has 2 aromatic carbocycles. The number of anilines is 1. The van der Waals surface area contributed by atoms with Gasteiger partial charge in [0, 0.05) is 36.3 Å². The Labute approximate surface area is 199 Å². The van der Waals surface area contributed by atoms with Gasteiger partial charge in [-0.3, -0.25) is 4.79 Å². The summed E-state index contributed by atoms with van der Waals surface area (Å²) in [7, 11) is -3.65. The molecular formula is C25H29N5O3S. The highest BCUT2D eigenvalue weighted by Gasteiger charge is 2.25. The van der Waals surface area contributed by atoms with E-state index in [2.05, 4.69) is 24.8 Å². The van der Waals surface area contributed by atoms with Crippen molar-refractivity contribution in [2.45, 2.75) is 56.9 Å². The molecule has 1 fully saturated rings. The molecule has 34 heavy (non-hydrogen) atoms. The minimum Gasteiger partial charge on any atom is -0.322 e. The van der Waals surface area contributed by atoms with Gasteiger partial charge >= 0.3 is 0 Å². The molecule has 0 bridgehead atoms. The Morgan fingerprint density at radius 1 is 1.09 bits per heavy atom. The van der Waals surface area contributed by atoms with Crippen molar-refractivity contribution >= 4 is 21.6 Å². The largest absolute Gasteiger partial charge is 0.322 e. The van der Waals surface area contributed by atoms with E-state index in [4.69, 9.17) is 0 Å². The van der Waals surface area contributed by atoms with E-state index in [0.29, 0.717) is 18.2 Å². The topological polar surface area (TPSA) is 106 Å². The van der Waals surface area contributed by atoms with Gasteiger partial charge in [0.1, 0.15) is 5.82 Å². The third-order valence-electron chi connectivity index (χ3n) is 6.52. The standard InChI is InChI=1S/C25H29N5O3S/c1-17-9-12-19(24-29-28-23-8-3-2-4-13-30(23)24)15-22(17)27-25(31)20-6-5-7-21(14-20)34(32,33)26-16-18-10-11-18/h5-7,9,12,14-15,18,26H,2-4,8,10-11,13,16H2,1H3,(H,27,31). The fourth-order valence-corrected chi connectivity index (χ4v) is 5.39. The van der Waals surface area contributed by atoms with Crippen molar-refractivity contribution in [2.24, 2.45) is 5.92 Å². The lowest BCUT2D eigenvalue weighted by Gasteiger charge is -2.13. The fourth-order valence-electron chi connectivity index (χ4n) is 4.23. The Morgan fingerprint density at radius 2 is 1.94 bits per heavy atom. The number of carbonyl (C=O) groups excluding carboxylic acids is 1. The van der Waals surface area contributed by atoms with E-state index in [-0.39, 0.29) is 16.4 Å². The van der Waals surface area contributed by atoms with E-state index in [1.54, 1.807) is 12.1 Å². The third kappa shape index (κ3) is 4.90. The number of amides is 1. The Hall–Kier alpha value is -3.04. The number of sulfonamides is 1. The zero-order valence-electron chi connectivity index (χ0n) is 19.3. The summed E-state index contributed by atoms with van der Waals surface area (Å²) in [4.78, 5) is 13.1. The smallest absolute Gasteiger partial charge is 0.255 e. The van der Waals surface area contributed by atoms with E-state index in [0.717, 1.165) is 61.4 Å². The first kappa shape index (κ1) is 22.7. The van der Waals surface area contributed by atoms with Crippen LogP contribution in [0.15, 0.2) is 47.4 Å². The van der Waals surface area contributed by atoms with Gasteiger partial charge in [-0.25, -0.2) is 13.1 Å². The fraction of sp³-hybridized carbons (Fsp3) is 0.400. The van der Waals surface area contributed by atoms with E-state index in [9.17, 15) is 13.2 Å². The number of nitrogens with one attached hydrogen (secondary N) is 2. The monoisotopic (exact) mass is 479 g/mol. The number of aryl methyl sites for hydroxylation is 2. The van der Waals surface area contributed by atoms with Crippen molar-refractivity contribution < 1.29 is 13.2 Å². The molecule has 2 N–H and O–H groups in total. The molecular weight excluding hydrogens is 450 g/mol. The first-order valence-corrected chi connectivity index (χ1v) is 13.3. The number of nitrogens with zero attached hydrogens (tertiary/aromatic N) is 3. The second-order valence-electron chi connectivity index (χ2n) is 9.21. The summed E-state index contributed by atoms with van der Waals surface area (Å²) >= 11 is 0. The summed E-state index contributed by atoms with van der Waals surface area (Å²) in [6.07, 6.45) is 6.45. The van der Waals surface area contributed by atoms with Gasteiger partial charge in [0.2, 0.25) is 10.0 Å². The average Bonchev–Trinajstić information content (AvgIpc) is 3.63. The van der Waals surface area contributed by atoms with Gasteiger partial charge in [0.25, 0.3) is 5.91 Å². The van der Waals surface area contributed by atoms with Crippen LogP contribution in [0.4, 0.5) is 5.69 Å². The van der Waals surface area contributed by atoms with Crippen molar-refractivity contribution in [1.82, 2.24) is 19.5 Å². The highest BCUT2D eigenvalue weighted by molar-refractivity contribution is 7.89. The maximum absolute atomic E-state index is 13.0. The first-order chi connectivity index (χ1) is 16.4. The Balaban J connectivity index is 1.37. The Bertz CT molecular complexity index is 1330. The van der Waals surface area contributed by atoms with Crippen LogP contribution in [0.3, 0.4) is 0 Å². The number of carbonyl (C=O) groups is 1. The molecule has 9 heteroatoms. The molecule has 0 atom stereocenters. The van der Waals surface area contributed by atoms with Gasteiger partial charge in [-0.05, 0) is 68.4 Å². The Morgan fingerprint density at radius 3 is 2.76 bits per heavy atom. The van der Waals surface area contributed by atoms with Crippen molar-refractivity contribution in [3.05, 3.63) is 59.4 Å². The highest BCUT2D eigenvalue weighted by Crippen LogP contribution is 2.29. The van der Waals surface area contributed by atoms with Crippen molar-refractivity contribution in [3.8, 4) is 11.4 Å². The zero-order chi connectivity index (χ0) is 23.7. The summed E-state index contributed by atoms with van der Waals surface area (Å²) in [5.41, 5.74) is 2.74. The number of hydrogen-bond donors (Lipinski definition) is 2. The summed E-state index contributed by atoms with van der Waals surface area (Å²) in [5.74, 6) is 1.88. The summed E-state index contributed by atoms with van der Waals surface area (Å²) < 4.78 is 30.0. The minimum atomic E-state index is -3.65. The zero-order valence-corrected chi connectivity index (χ0v) is 20.1. The van der Waals surface area contributed by atoms with Gasteiger partial charge in [-0.2, -0.15) is 0 Å². The highest BCUT2D eigenvalue weighted by atomic mass is 32.2. The predicted molar refractivity (Wildman–Crippen MR) is 130 cm³/mol. The molecule has 1 saturated carbocycles. The molecule has 2 heterocycles. The summed E-state index contributed by atoms with van der Waals surface area (Å²) in [5, 5.41) is 11.7. The van der Waals surface area contributed by atoms with Gasteiger partial charge in [-0.1, -0.05) is 24.6 Å². The van der Waals surface area contributed by atoms with Crippen LogP contribution in [0, 0.1) is 12.8 Å². The van der Waals surface area contributed by atoms with Gasteiger partial charge in [0.15, 0.2) is 5.82 Å². The van der Waals surface area contributed by atoms with Crippen LogP contribution in [0.25, 0.3) is 11.4 Å². The molecule has 1 aliphatic heterocycles. The molecule has 1 amide bonds. The number of rotatable bonds is 7. The lowest BCUT2D eigenvalue weighted by molar-refractivity contribution is 0.102. The van der Waals surface area contributed by atoms with Crippen LogP contribution < -0.4 is 10.0 Å². The van der Waals surface area contributed by atoms with Crippen LogP contribution >= 0.6 is 0 Å². The molecule has 178 valence electrons. The molecule has 8 nitrogen and oxygen atoms in total. The number of aromatic nitrogens is 3. The first-order valence-electron chi connectivity index (χ1n) is 11.8. The SMILES string of the molecule is Cc1ccc(-c2nnc3n2CCCCC3)cc1NC(=O)c1cccc(S(=O)(=O)NCC2CC2)c1. The van der Waals surface area contributed by atoms with E-state index in [1.807, 2.05) is 25.1 Å². The molecule has 1 aromatic heterocycles. The molecule has 1 aliphatic carbocycles. The van der Waals surface area contributed by atoms with E-state index in [1.165, 1.54) is 18.6 Å². The average molecular weight is 480 g/mol. The van der Waals surface area contributed by atoms with Crippen molar-refractivity contribution in [1.29, 1.82) is 0 Å². The normalized spacial score (nSPS) is 16.0. The molecule has 2 aliphatic rings. The van der Waals surface area contributed by atoms with Crippen LogP contribution in [0.1, 0.15) is 53.8 Å². The molecule has 0 saturated heterocycles. The number of fused-ring (bicyclic) bond motifs is 1. The minimum absolute atomic E-state index is 0.0948. The molecule has 0 radical (unpaired) electrons. The molecule has 0 spiro atoms. The van der Waals surface area contributed by atoms with E-state index < -0.39 is 10.0 Å². The van der Waals surface area contributed by atoms with Crippen molar-refractivity contribution in [3.63, 3.8) is 0 Å². The Kier molecular flexibility index (Phi) is 6.22. The number of hydrogen-bond acceptors (Lipinski definition) is 5. The van der Waals surface area contributed by atoms with Crippen LogP contribution in [-0.4, -0.2) is 35.6 Å². The summed E-state index contributed by atoms with van der Waals surface area (Å²) in [6.45, 7) is 3.26. The van der Waals surface area contributed by atoms with Crippen LogP contribution in [0.2, 0.25) is 0 Å². The lowest BCUT2D eigenvalue weighted by atomic mass is 10.1. The maximum Gasteiger partial charge on any atom is 0.255 e. The second-order valence-corrected chi connectivity index (χ2v) is 11.0. The quantitative estimate of drug-likeness (QED) is 0.534. The van der Waals surface area contributed by atoms with Gasteiger partial charge in [0.05, 0.1) is 4.90 Å². The van der Waals surface area contributed by atoms with Crippen molar-refractivity contribution in [2.75, 3.05) is 11.9 Å². The third-order valence-corrected chi connectivity index (χ3v) is 7.94. The van der Waals surface area contributed by atoms with Gasteiger partial charge in [-0.15, -0.1) is 10.2 Å². The van der Waals surface area contributed by atoms with Crippen LogP contribution in [0.5, 0.6) is 0 Å². The number of benzene rings is 2. The molecule has 0 unspecified atom stereocenters. The van der Waals surface area contributed by atoms with Gasteiger partial charge < -0.3 is 9.88 Å².